The molecule has 7 heteroatoms. The van der Waals surface area contributed by atoms with Crippen molar-refractivity contribution in [1.29, 1.82) is 0 Å². The average molecular weight is 426 g/mol. The van der Waals surface area contributed by atoms with E-state index in [9.17, 15) is 9.59 Å². The molecule has 0 unspecified atom stereocenters. The summed E-state index contributed by atoms with van der Waals surface area (Å²) >= 11 is 0. The first kappa shape index (κ1) is 20.0. The molecule has 1 amide bonds. The normalized spacial score (nSPS) is 13.8. The zero-order valence-electron chi connectivity index (χ0n) is 17.4. The van der Waals surface area contributed by atoms with Crippen LogP contribution in [0.5, 0.6) is 0 Å². The minimum atomic E-state index is -0.317. The van der Waals surface area contributed by atoms with Gasteiger partial charge in [0.05, 0.1) is 24.3 Å². The third kappa shape index (κ3) is 3.98. The van der Waals surface area contributed by atoms with E-state index >= 15 is 0 Å². The molecule has 5 rings (SSSR count). The summed E-state index contributed by atoms with van der Waals surface area (Å²) in [7, 11) is 0. The summed E-state index contributed by atoms with van der Waals surface area (Å²) in [4.78, 5) is 35.2. The molecule has 0 spiro atoms. The second kappa shape index (κ2) is 8.64. The first-order chi connectivity index (χ1) is 15.7. The second-order valence-electron chi connectivity index (χ2n) is 7.60. The number of H-pyrrole nitrogens is 1. The van der Waals surface area contributed by atoms with E-state index in [4.69, 9.17) is 4.74 Å². The number of benzene rings is 2. The highest BCUT2D eigenvalue weighted by molar-refractivity contribution is 6.08. The van der Waals surface area contributed by atoms with Crippen molar-refractivity contribution in [1.82, 2.24) is 9.97 Å². The van der Waals surface area contributed by atoms with Crippen LogP contribution in [0.3, 0.4) is 0 Å². The molecule has 2 aromatic heterocycles. The molecule has 32 heavy (non-hydrogen) atoms. The van der Waals surface area contributed by atoms with Crippen LogP contribution in [0.2, 0.25) is 0 Å². The fourth-order valence-electron chi connectivity index (χ4n) is 3.91. The average Bonchev–Trinajstić information content (AvgIpc) is 2.85. The zero-order valence-corrected chi connectivity index (χ0v) is 17.4. The van der Waals surface area contributed by atoms with Crippen molar-refractivity contribution in [3.8, 4) is 11.3 Å². The van der Waals surface area contributed by atoms with E-state index in [0.29, 0.717) is 35.2 Å². The maximum Gasteiger partial charge on any atom is 0.259 e. The Morgan fingerprint density at radius 1 is 1.00 bits per heavy atom. The molecular formula is C25H22N4O3. The fraction of sp³-hybridized carbons (Fsp3) is 0.160. The predicted molar refractivity (Wildman–Crippen MR) is 125 cm³/mol. The van der Waals surface area contributed by atoms with Crippen LogP contribution in [0.15, 0.2) is 77.7 Å². The molecular weight excluding hydrogens is 404 g/mol. The Hall–Kier alpha value is -3.97. The van der Waals surface area contributed by atoms with Gasteiger partial charge in [0.15, 0.2) is 0 Å². The number of morpholine rings is 1. The quantitative estimate of drug-likeness (QED) is 0.520. The van der Waals surface area contributed by atoms with Gasteiger partial charge in [0, 0.05) is 36.1 Å². The van der Waals surface area contributed by atoms with Gasteiger partial charge < -0.3 is 19.9 Å². The second-order valence-corrected chi connectivity index (χ2v) is 7.60. The van der Waals surface area contributed by atoms with Crippen LogP contribution in [0.4, 0.5) is 11.5 Å². The van der Waals surface area contributed by atoms with Gasteiger partial charge >= 0.3 is 0 Å². The number of anilines is 2. The minimum Gasteiger partial charge on any atom is -0.378 e. The molecule has 0 radical (unpaired) electrons. The maximum absolute atomic E-state index is 13.1. The predicted octanol–water partition coefficient (Wildman–Crippen LogP) is 3.68. The lowest BCUT2D eigenvalue weighted by Gasteiger charge is -2.29. The Kier molecular flexibility index (Phi) is 5.39. The van der Waals surface area contributed by atoms with Gasteiger partial charge in [-0.1, -0.05) is 36.4 Å². The van der Waals surface area contributed by atoms with Gasteiger partial charge in [-0.2, -0.15) is 0 Å². The molecule has 1 aliphatic heterocycles. The Morgan fingerprint density at radius 3 is 2.62 bits per heavy atom. The van der Waals surface area contributed by atoms with Crippen molar-refractivity contribution in [2.24, 2.45) is 0 Å². The lowest BCUT2D eigenvalue weighted by molar-refractivity contribution is 0.102. The molecule has 2 N–H and O–H groups in total. The molecule has 7 nitrogen and oxygen atoms in total. The van der Waals surface area contributed by atoms with Gasteiger partial charge in [-0.05, 0) is 35.7 Å². The largest absolute Gasteiger partial charge is 0.378 e. The number of rotatable bonds is 4. The van der Waals surface area contributed by atoms with Gasteiger partial charge in [0.2, 0.25) is 0 Å². The first-order valence-electron chi connectivity index (χ1n) is 10.5. The summed E-state index contributed by atoms with van der Waals surface area (Å²) < 4.78 is 5.42. The molecule has 2 aromatic carbocycles. The van der Waals surface area contributed by atoms with E-state index in [0.717, 1.165) is 24.3 Å². The van der Waals surface area contributed by atoms with E-state index in [2.05, 4.69) is 20.2 Å². The molecule has 4 aromatic rings. The Labute approximate surface area is 184 Å². The summed E-state index contributed by atoms with van der Waals surface area (Å²) in [6, 6.07) is 20.8. The monoisotopic (exact) mass is 426 g/mol. The lowest BCUT2D eigenvalue weighted by atomic mass is 10.1. The van der Waals surface area contributed by atoms with Crippen molar-refractivity contribution < 1.29 is 9.53 Å². The van der Waals surface area contributed by atoms with Crippen LogP contribution < -0.4 is 15.8 Å². The van der Waals surface area contributed by atoms with Gasteiger partial charge in [-0.25, -0.2) is 4.98 Å². The van der Waals surface area contributed by atoms with Crippen molar-refractivity contribution in [3.05, 3.63) is 88.8 Å². The summed E-state index contributed by atoms with van der Waals surface area (Å²) in [6.07, 6.45) is 1.59. The van der Waals surface area contributed by atoms with E-state index in [1.165, 1.54) is 0 Å². The molecule has 1 saturated heterocycles. The van der Waals surface area contributed by atoms with Gasteiger partial charge in [-0.15, -0.1) is 0 Å². The molecule has 0 bridgehead atoms. The van der Waals surface area contributed by atoms with Crippen LogP contribution >= 0.6 is 0 Å². The summed E-state index contributed by atoms with van der Waals surface area (Å²) in [5, 5.41) is 3.93. The van der Waals surface area contributed by atoms with Gasteiger partial charge in [0.25, 0.3) is 11.5 Å². The molecule has 1 fully saturated rings. The van der Waals surface area contributed by atoms with Gasteiger partial charge in [-0.3, -0.25) is 9.59 Å². The number of hydrogen-bond donors (Lipinski definition) is 2. The minimum absolute atomic E-state index is 0.241. The highest BCUT2D eigenvalue weighted by Gasteiger charge is 2.17. The third-order valence-electron chi connectivity index (χ3n) is 5.54. The van der Waals surface area contributed by atoms with Crippen molar-refractivity contribution >= 4 is 28.2 Å². The number of aromatic amines is 1. The maximum atomic E-state index is 13.1. The van der Waals surface area contributed by atoms with Crippen LogP contribution in [-0.2, 0) is 4.74 Å². The van der Waals surface area contributed by atoms with E-state index in [1.807, 2.05) is 54.6 Å². The zero-order chi connectivity index (χ0) is 21.9. The Balaban J connectivity index is 1.52. The number of carbonyl (C=O) groups is 1. The number of aromatic nitrogens is 2. The smallest absolute Gasteiger partial charge is 0.259 e. The van der Waals surface area contributed by atoms with Crippen LogP contribution in [0, 0.1) is 0 Å². The number of nitrogens with zero attached hydrogens (tertiary/aromatic N) is 2. The molecule has 160 valence electrons. The van der Waals surface area contributed by atoms with E-state index in [1.54, 1.807) is 18.3 Å². The highest BCUT2D eigenvalue weighted by atomic mass is 16.5. The number of amides is 1. The SMILES string of the molecule is O=C(Nc1nc(-c2ccccc2)cc2cc[nH]c(=O)c12)c1cccc(N2CCOCC2)c1. The lowest BCUT2D eigenvalue weighted by Crippen LogP contribution is -2.36. The van der Waals surface area contributed by atoms with Crippen molar-refractivity contribution in [2.45, 2.75) is 0 Å². The number of carbonyl (C=O) groups excluding carboxylic acids is 1. The molecule has 0 saturated carbocycles. The summed E-state index contributed by atoms with van der Waals surface area (Å²) in [6.45, 7) is 2.90. The molecule has 0 aliphatic carbocycles. The summed E-state index contributed by atoms with van der Waals surface area (Å²) in [5.74, 6) is -0.0765. The van der Waals surface area contributed by atoms with Crippen LogP contribution in [0.25, 0.3) is 22.0 Å². The standard InChI is InChI=1S/C25H22N4O3/c30-24(19-7-4-8-20(15-19)29-11-13-32-14-12-29)28-23-22-18(9-10-26-25(22)31)16-21(27-23)17-5-2-1-3-6-17/h1-10,15-16H,11-14H2,(H,26,31)(H,27,28,30). The Bertz CT molecular complexity index is 1330. The highest BCUT2D eigenvalue weighted by Crippen LogP contribution is 2.26. The number of fused-ring (bicyclic) bond motifs is 1. The summed E-state index contributed by atoms with van der Waals surface area (Å²) in [5.41, 5.74) is 2.75. The number of nitrogens with one attached hydrogen (secondary N) is 2. The van der Waals surface area contributed by atoms with E-state index < -0.39 is 0 Å². The molecule has 0 atom stereocenters. The first-order valence-corrected chi connectivity index (χ1v) is 10.5. The molecule has 1 aliphatic rings. The van der Waals surface area contributed by atoms with Crippen LogP contribution in [-0.4, -0.2) is 42.2 Å². The fourth-order valence-corrected chi connectivity index (χ4v) is 3.91. The van der Waals surface area contributed by atoms with Gasteiger partial charge in [0.1, 0.15) is 5.82 Å². The molecule has 3 heterocycles. The van der Waals surface area contributed by atoms with Crippen molar-refractivity contribution in [2.75, 3.05) is 36.5 Å². The van der Waals surface area contributed by atoms with Crippen molar-refractivity contribution in [3.63, 3.8) is 0 Å². The Morgan fingerprint density at radius 2 is 1.81 bits per heavy atom. The topological polar surface area (TPSA) is 87.3 Å². The number of hydrogen-bond acceptors (Lipinski definition) is 5. The number of pyridine rings is 2. The van der Waals surface area contributed by atoms with E-state index in [-0.39, 0.29) is 17.3 Å². The van der Waals surface area contributed by atoms with Crippen LogP contribution in [0.1, 0.15) is 10.4 Å². The third-order valence-corrected chi connectivity index (χ3v) is 5.54. The number of ether oxygens (including phenoxy) is 1.